The van der Waals surface area contributed by atoms with Gasteiger partial charge in [-0.3, -0.25) is 0 Å². The van der Waals surface area contributed by atoms with Crippen molar-refractivity contribution in [2.75, 3.05) is 13.7 Å². The fourth-order valence-corrected chi connectivity index (χ4v) is 2.68. The highest BCUT2D eigenvalue weighted by Crippen LogP contribution is 2.32. The van der Waals surface area contributed by atoms with Crippen LogP contribution in [0.15, 0.2) is 12.1 Å². The van der Waals surface area contributed by atoms with Crippen LogP contribution in [0.4, 0.5) is 0 Å². The average molecular weight is 247 g/mol. The van der Waals surface area contributed by atoms with Gasteiger partial charge in [0.15, 0.2) is 0 Å². The first kappa shape index (κ1) is 13.0. The maximum atomic E-state index is 9.02. The van der Waals surface area contributed by atoms with Crippen LogP contribution >= 0.6 is 0 Å². The number of aliphatic hydroxyl groups excluding tert-OH is 1. The van der Waals surface area contributed by atoms with Crippen molar-refractivity contribution in [2.24, 2.45) is 7.05 Å². The third kappa shape index (κ3) is 1.99. The number of nitrogens with zero attached hydrogens (tertiary/aromatic N) is 1. The van der Waals surface area contributed by atoms with Gasteiger partial charge in [-0.05, 0) is 49.9 Å². The fourth-order valence-electron chi connectivity index (χ4n) is 2.68. The normalized spacial score (nSPS) is 11.2. The van der Waals surface area contributed by atoms with Gasteiger partial charge in [0, 0.05) is 24.7 Å². The van der Waals surface area contributed by atoms with Crippen LogP contribution < -0.4 is 4.74 Å². The zero-order valence-corrected chi connectivity index (χ0v) is 11.6. The molecule has 0 saturated heterocycles. The second kappa shape index (κ2) is 5.02. The maximum absolute atomic E-state index is 9.02. The van der Waals surface area contributed by atoms with Crippen molar-refractivity contribution in [2.45, 2.75) is 26.7 Å². The summed E-state index contributed by atoms with van der Waals surface area (Å²) in [5.41, 5.74) is 5.09. The Morgan fingerprint density at radius 1 is 1.28 bits per heavy atom. The van der Waals surface area contributed by atoms with Crippen molar-refractivity contribution < 1.29 is 9.84 Å². The Morgan fingerprint density at radius 3 is 2.61 bits per heavy atom. The number of methoxy groups -OCH3 is 1. The van der Waals surface area contributed by atoms with E-state index in [9.17, 15) is 0 Å². The number of ether oxygens (including phenoxy) is 1. The van der Waals surface area contributed by atoms with Crippen LogP contribution in [0.2, 0.25) is 0 Å². The van der Waals surface area contributed by atoms with Crippen molar-refractivity contribution in [1.82, 2.24) is 4.57 Å². The van der Waals surface area contributed by atoms with Gasteiger partial charge in [-0.25, -0.2) is 0 Å². The van der Waals surface area contributed by atoms with E-state index in [0.29, 0.717) is 0 Å². The summed E-state index contributed by atoms with van der Waals surface area (Å²) in [4.78, 5) is 0. The minimum atomic E-state index is 0.235. The van der Waals surface area contributed by atoms with Crippen LogP contribution in [0.5, 0.6) is 5.75 Å². The van der Waals surface area contributed by atoms with E-state index in [-0.39, 0.29) is 6.61 Å². The minimum Gasteiger partial charge on any atom is -0.497 e. The lowest BCUT2D eigenvalue weighted by atomic mass is 10.0. The lowest BCUT2D eigenvalue weighted by Gasteiger charge is -2.05. The second-order valence-electron chi connectivity index (χ2n) is 4.79. The summed E-state index contributed by atoms with van der Waals surface area (Å²) in [5, 5.41) is 10.3. The molecule has 3 nitrogen and oxygen atoms in total. The molecule has 18 heavy (non-hydrogen) atoms. The molecule has 0 aliphatic carbocycles. The van der Waals surface area contributed by atoms with E-state index in [1.807, 2.05) is 0 Å². The van der Waals surface area contributed by atoms with E-state index in [0.717, 1.165) is 18.6 Å². The Bertz CT molecular complexity index is 570. The summed E-state index contributed by atoms with van der Waals surface area (Å²) >= 11 is 0. The molecule has 0 aliphatic rings. The SMILES string of the molecule is COc1cc(C)c2c(c1)c(CCCO)c(C)n2C. The molecule has 1 aromatic carbocycles. The molecule has 0 radical (unpaired) electrons. The zero-order valence-electron chi connectivity index (χ0n) is 11.6. The third-order valence-corrected chi connectivity index (χ3v) is 3.69. The number of benzene rings is 1. The third-order valence-electron chi connectivity index (χ3n) is 3.69. The smallest absolute Gasteiger partial charge is 0.119 e. The molecule has 0 spiro atoms. The molecule has 1 N–H and O–H groups in total. The van der Waals surface area contributed by atoms with Gasteiger partial charge in [0.25, 0.3) is 0 Å². The summed E-state index contributed by atoms with van der Waals surface area (Å²) in [6.07, 6.45) is 1.71. The van der Waals surface area contributed by atoms with Gasteiger partial charge in [0.1, 0.15) is 5.75 Å². The Labute approximate surface area is 108 Å². The Kier molecular flexibility index (Phi) is 3.62. The first-order chi connectivity index (χ1) is 8.60. The number of aliphatic hydroxyl groups is 1. The van der Waals surface area contributed by atoms with Crippen LogP contribution in [0.25, 0.3) is 10.9 Å². The Hall–Kier alpha value is -1.48. The highest BCUT2D eigenvalue weighted by Gasteiger charge is 2.14. The molecule has 2 aromatic rings. The van der Waals surface area contributed by atoms with Gasteiger partial charge in [0.2, 0.25) is 0 Å². The molecule has 98 valence electrons. The number of fused-ring (bicyclic) bond motifs is 1. The first-order valence-corrected chi connectivity index (χ1v) is 6.33. The summed E-state index contributed by atoms with van der Waals surface area (Å²) in [5.74, 6) is 0.899. The summed E-state index contributed by atoms with van der Waals surface area (Å²) in [6, 6.07) is 4.17. The number of hydrogen-bond acceptors (Lipinski definition) is 2. The number of aryl methyl sites for hydroxylation is 3. The highest BCUT2D eigenvalue weighted by molar-refractivity contribution is 5.89. The average Bonchev–Trinajstić information content (AvgIpc) is 2.60. The van der Waals surface area contributed by atoms with E-state index < -0.39 is 0 Å². The summed E-state index contributed by atoms with van der Waals surface area (Å²) < 4.78 is 7.59. The monoisotopic (exact) mass is 247 g/mol. The number of aromatic nitrogens is 1. The van der Waals surface area contributed by atoms with Crippen molar-refractivity contribution in [1.29, 1.82) is 0 Å². The standard InChI is InChI=1S/C15H21NO2/c1-10-8-12(18-4)9-14-13(6-5-7-17)11(2)16(3)15(10)14/h8-9,17H,5-7H2,1-4H3. The molecule has 0 aliphatic heterocycles. The molecule has 0 bridgehead atoms. The predicted molar refractivity (Wildman–Crippen MR) is 74.4 cm³/mol. The topological polar surface area (TPSA) is 34.4 Å². The molecule has 0 saturated carbocycles. The van der Waals surface area contributed by atoms with Crippen LogP contribution in [0.1, 0.15) is 23.2 Å². The lowest BCUT2D eigenvalue weighted by Crippen LogP contribution is -1.94. The number of hydrogen-bond donors (Lipinski definition) is 1. The van der Waals surface area contributed by atoms with Crippen LogP contribution in [-0.2, 0) is 13.5 Å². The predicted octanol–water partition coefficient (Wildman–Crippen LogP) is 2.73. The molecule has 0 atom stereocenters. The van der Waals surface area contributed by atoms with Gasteiger partial charge in [-0.1, -0.05) is 0 Å². The molecular formula is C15H21NO2. The van der Waals surface area contributed by atoms with E-state index in [2.05, 4.69) is 37.6 Å². The Morgan fingerprint density at radius 2 is 2.00 bits per heavy atom. The van der Waals surface area contributed by atoms with Gasteiger partial charge in [-0.15, -0.1) is 0 Å². The van der Waals surface area contributed by atoms with E-state index >= 15 is 0 Å². The van der Waals surface area contributed by atoms with Crippen LogP contribution in [-0.4, -0.2) is 23.4 Å². The summed E-state index contributed by atoms with van der Waals surface area (Å²) in [6.45, 7) is 4.48. The van der Waals surface area contributed by atoms with E-state index in [4.69, 9.17) is 9.84 Å². The quantitative estimate of drug-likeness (QED) is 0.901. The molecule has 1 heterocycles. The molecule has 0 fully saturated rings. The molecule has 1 aromatic heterocycles. The fraction of sp³-hybridized carbons (Fsp3) is 0.467. The van der Waals surface area contributed by atoms with Gasteiger partial charge in [-0.2, -0.15) is 0 Å². The molecular weight excluding hydrogens is 226 g/mol. The molecule has 3 heteroatoms. The van der Waals surface area contributed by atoms with Crippen molar-refractivity contribution in [3.05, 3.63) is 29.0 Å². The van der Waals surface area contributed by atoms with Gasteiger partial charge >= 0.3 is 0 Å². The first-order valence-electron chi connectivity index (χ1n) is 6.33. The molecule has 2 rings (SSSR count). The van der Waals surface area contributed by atoms with E-state index in [1.54, 1.807) is 7.11 Å². The Balaban J connectivity index is 2.68. The zero-order chi connectivity index (χ0) is 13.3. The van der Waals surface area contributed by atoms with Crippen LogP contribution in [0, 0.1) is 13.8 Å². The second-order valence-corrected chi connectivity index (χ2v) is 4.79. The van der Waals surface area contributed by atoms with Crippen molar-refractivity contribution in [3.63, 3.8) is 0 Å². The minimum absolute atomic E-state index is 0.235. The number of rotatable bonds is 4. The van der Waals surface area contributed by atoms with Crippen molar-refractivity contribution in [3.8, 4) is 5.75 Å². The van der Waals surface area contributed by atoms with E-state index in [1.165, 1.54) is 27.7 Å². The highest BCUT2D eigenvalue weighted by atomic mass is 16.5. The maximum Gasteiger partial charge on any atom is 0.119 e. The summed E-state index contributed by atoms with van der Waals surface area (Å²) in [7, 11) is 3.80. The van der Waals surface area contributed by atoms with Gasteiger partial charge in [0.05, 0.1) is 12.6 Å². The largest absolute Gasteiger partial charge is 0.497 e. The van der Waals surface area contributed by atoms with Crippen LogP contribution in [0.3, 0.4) is 0 Å². The molecule has 0 amide bonds. The molecule has 0 unspecified atom stereocenters. The van der Waals surface area contributed by atoms with Crippen molar-refractivity contribution >= 4 is 10.9 Å². The van der Waals surface area contributed by atoms with Gasteiger partial charge < -0.3 is 14.4 Å². The lowest BCUT2D eigenvalue weighted by molar-refractivity contribution is 0.288.